The lowest BCUT2D eigenvalue weighted by Crippen LogP contribution is -2.35. The first kappa shape index (κ1) is 34.1. The number of hydrogen-bond donors (Lipinski definition) is 4. The Morgan fingerprint density at radius 1 is 0.958 bits per heavy atom. The van der Waals surface area contributed by atoms with Gasteiger partial charge in [0.25, 0.3) is 0 Å². The van der Waals surface area contributed by atoms with Crippen LogP contribution in [0.1, 0.15) is 34.5 Å². The molecule has 1 atom stereocenters. The fraction of sp³-hybridized carbons (Fsp3) is 0.257. The van der Waals surface area contributed by atoms with Gasteiger partial charge in [-0.25, -0.2) is 9.97 Å². The zero-order valence-electron chi connectivity index (χ0n) is 25.9. The third-order valence-electron chi connectivity index (χ3n) is 8.08. The van der Waals surface area contributed by atoms with Crippen LogP contribution in [0.25, 0.3) is 32.6 Å². The second-order valence-electron chi connectivity index (χ2n) is 11.4. The summed E-state index contributed by atoms with van der Waals surface area (Å²) in [6, 6.07) is 19.4. The van der Waals surface area contributed by atoms with Gasteiger partial charge in [-0.05, 0) is 35.7 Å². The average molecular weight is 725 g/mol. The van der Waals surface area contributed by atoms with Crippen LogP contribution in [-0.4, -0.2) is 53.2 Å². The number of hydrogen-bond acceptors (Lipinski definition) is 8. The van der Waals surface area contributed by atoms with Gasteiger partial charge in [-0.15, -0.1) is 11.3 Å². The highest BCUT2D eigenvalue weighted by atomic mass is 35.5. The van der Waals surface area contributed by atoms with Crippen LogP contribution in [0, 0.1) is 0 Å². The molecular weight excluding hydrogens is 693 g/mol. The summed E-state index contributed by atoms with van der Waals surface area (Å²) in [4.78, 5) is 32.0. The van der Waals surface area contributed by atoms with Crippen LogP contribution in [0.15, 0.2) is 60.7 Å². The number of halogens is 3. The number of carboxylic acids is 1. The summed E-state index contributed by atoms with van der Waals surface area (Å²) in [7, 11) is 1.59. The smallest absolute Gasteiger partial charge is 0.317 e. The molecule has 6 rings (SSSR count). The molecule has 1 fully saturated rings. The number of thiazole rings is 1. The molecular formula is C35H32Cl3N5O4S. The predicted octanol–water partition coefficient (Wildman–Crippen LogP) is 7.13. The molecule has 13 heteroatoms. The average Bonchev–Trinajstić information content (AvgIpc) is 3.67. The Bertz CT molecular complexity index is 2000. The quantitative estimate of drug-likeness (QED) is 0.101. The Morgan fingerprint density at radius 2 is 1.73 bits per heavy atom. The van der Waals surface area contributed by atoms with Crippen LogP contribution < -0.4 is 20.7 Å². The summed E-state index contributed by atoms with van der Waals surface area (Å²) in [5.41, 5.74) is 6.45. The van der Waals surface area contributed by atoms with Crippen LogP contribution in [0.5, 0.6) is 5.88 Å². The number of aliphatic carboxylic acids is 1. The van der Waals surface area contributed by atoms with Crippen molar-refractivity contribution in [2.24, 2.45) is 0 Å². The number of amides is 1. The lowest BCUT2D eigenvalue weighted by atomic mass is 9.96. The second-order valence-corrected chi connectivity index (χ2v) is 13.7. The van der Waals surface area contributed by atoms with Crippen molar-refractivity contribution >= 4 is 68.2 Å². The highest BCUT2D eigenvalue weighted by Gasteiger charge is 2.21. The maximum absolute atomic E-state index is 11.5. The lowest BCUT2D eigenvalue weighted by Gasteiger charge is -2.16. The van der Waals surface area contributed by atoms with Gasteiger partial charge in [0, 0.05) is 65.8 Å². The number of methoxy groups -OCH3 is 1. The van der Waals surface area contributed by atoms with Crippen LogP contribution in [0.2, 0.25) is 15.1 Å². The van der Waals surface area contributed by atoms with Crippen molar-refractivity contribution in [3.63, 3.8) is 0 Å². The van der Waals surface area contributed by atoms with Gasteiger partial charge in [-0.3, -0.25) is 9.59 Å². The van der Waals surface area contributed by atoms with Gasteiger partial charge in [0.2, 0.25) is 11.8 Å². The molecule has 48 heavy (non-hydrogen) atoms. The lowest BCUT2D eigenvalue weighted by molar-refractivity contribution is -0.136. The van der Waals surface area contributed by atoms with E-state index >= 15 is 0 Å². The van der Waals surface area contributed by atoms with Gasteiger partial charge in [-0.1, -0.05) is 77.3 Å². The molecule has 3 heterocycles. The molecule has 0 spiro atoms. The number of carbonyl (C=O) groups excluding carboxylic acids is 1. The molecule has 1 amide bonds. The second kappa shape index (κ2) is 15.2. The Kier molecular flexibility index (Phi) is 10.8. The van der Waals surface area contributed by atoms with E-state index < -0.39 is 5.97 Å². The molecule has 5 aromatic rings. The summed E-state index contributed by atoms with van der Waals surface area (Å²) >= 11 is 22.1. The fourth-order valence-electron chi connectivity index (χ4n) is 5.80. The van der Waals surface area contributed by atoms with Gasteiger partial charge < -0.3 is 25.8 Å². The first-order valence-corrected chi connectivity index (χ1v) is 17.3. The molecule has 1 saturated heterocycles. The minimum atomic E-state index is -0.925. The van der Waals surface area contributed by atoms with Crippen LogP contribution >= 0.6 is 46.1 Å². The topological polar surface area (TPSA) is 125 Å². The Labute approximate surface area is 296 Å². The number of carbonyl (C=O) groups is 2. The molecule has 248 valence electrons. The van der Waals surface area contributed by atoms with Crippen molar-refractivity contribution in [3.8, 4) is 28.3 Å². The highest BCUT2D eigenvalue weighted by Crippen LogP contribution is 2.41. The minimum Gasteiger partial charge on any atom is -0.481 e. The zero-order chi connectivity index (χ0) is 33.8. The Balaban J connectivity index is 1.24. The van der Waals surface area contributed by atoms with Gasteiger partial charge in [0.1, 0.15) is 5.01 Å². The van der Waals surface area contributed by atoms with Gasteiger partial charge in [0.15, 0.2) is 0 Å². The number of rotatable bonds is 13. The number of pyridine rings is 1. The highest BCUT2D eigenvalue weighted by molar-refractivity contribution is 7.18. The fourth-order valence-corrected chi connectivity index (χ4v) is 7.75. The van der Waals surface area contributed by atoms with E-state index in [9.17, 15) is 9.59 Å². The first-order chi connectivity index (χ1) is 23.2. The molecule has 0 radical (unpaired) electrons. The van der Waals surface area contributed by atoms with E-state index in [4.69, 9.17) is 54.6 Å². The molecule has 4 N–H and O–H groups in total. The molecule has 1 aliphatic heterocycles. The summed E-state index contributed by atoms with van der Waals surface area (Å²) in [5.74, 6) is -0.339. The van der Waals surface area contributed by atoms with E-state index in [1.165, 1.54) is 11.3 Å². The van der Waals surface area contributed by atoms with Crippen molar-refractivity contribution in [2.45, 2.75) is 38.4 Å². The van der Waals surface area contributed by atoms with E-state index in [2.05, 4.69) is 16.0 Å². The van der Waals surface area contributed by atoms with Gasteiger partial charge in [-0.2, -0.15) is 0 Å². The normalized spacial score (nSPS) is 14.4. The van der Waals surface area contributed by atoms with E-state index in [1.54, 1.807) is 7.11 Å². The Morgan fingerprint density at radius 3 is 2.48 bits per heavy atom. The van der Waals surface area contributed by atoms with Crippen LogP contribution in [0.3, 0.4) is 0 Å². The van der Waals surface area contributed by atoms with Gasteiger partial charge >= 0.3 is 5.97 Å². The molecule has 1 aliphatic rings. The number of benzene rings is 3. The number of fused-ring (bicyclic) bond motifs is 1. The molecule has 0 aliphatic carbocycles. The van der Waals surface area contributed by atoms with Gasteiger partial charge in [0.05, 0.1) is 39.6 Å². The molecule has 0 saturated carbocycles. The monoisotopic (exact) mass is 723 g/mol. The standard InChI is InChI=1S/C35H32Cl3N5O4S/c1-47-35-20(15-39-16-23-9-11-29(44)41-23)8-10-27(42-35)26-7-3-6-25(33(26)38)24-5-2-4-19(32(24)37)12-21-13-22(36)14-28-34(21)43-30(48-28)17-40-18-31(45)46/h2-8,10,13-14,23,39-40H,9,11-12,15-18H2,1H3,(H,41,44)(H,45,46)/t23-/m0/s1. The van der Waals surface area contributed by atoms with Crippen molar-refractivity contribution in [2.75, 3.05) is 20.2 Å². The van der Waals surface area contributed by atoms with Crippen molar-refractivity contribution in [1.29, 1.82) is 0 Å². The summed E-state index contributed by atoms with van der Waals surface area (Å²) in [6.45, 7) is 1.41. The van der Waals surface area contributed by atoms with Crippen LogP contribution in [0.4, 0.5) is 0 Å². The van der Waals surface area contributed by atoms with Crippen LogP contribution in [-0.2, 0) is 29.1 Å². The number of ether oxygens (including phenoxy) is 1. The Hall–Kier alpha value is -3.77. The third kappa shape index (κ3) is 7.75. The summed E-state index contributed by atoms with van der Waals surface area (Å²) in [6.07, 6.45) is 1.87. The molecule has 0 unspecified atom stereocenters. The van der Waals surface area contributed by atoms with Crippen molar-refractivity contribution < 1.29 is 19.4 Å². The van der Waals surface area contributed by atoms with Crippen molar-refractivity contribution in [3.05, 3.63) is 97.4 Å². The molecule has 0 bridgehead atoms. The molecule has 9 nitrogen and oxygen atoms in total. The maximum Gasteiger partial charge on any atom is 0.317 e. The number of nitrogens with zero attached hydrogens (tertiary/aromatic N) is 2. The minimum absolute atomic E-state index is 0.0926. The van der Waals surface area contributed by atoms with E-state index in [-0.39, 0.29) is 18.5 Å². The largest absolute Gasteiger partial charge is 0.481 e. The van der Waals surface area contributed by atoms with E-state index in [0.29, 0.717) is 59.1 Å². The van der Waals surface area contributed by atoms with E-state index in [0.717, 1.165) is 55.0 Å². The SMILES string of the molecule is COc1nc(-c2cccc(-c3cccc(Cc4cc(Cl)cc5sc(CNCC(=O)O)nc45)c3Cl)c2Cl)ccc1CNC[C@@H]1CCC(=O)N1. The van der Waals surface area contributed by atoms with Crippen molar-refractivity contribution in [1.82, 2.24) is 25.9 Å². The number of aromatic nitrogens is 2. The zero-order valence-corrected chi connectivity index (χ0v) is 29.0. The number of carboxylic acid groups (broad SMARTS) is 1. The third-order valence-corrected chi connectivity index (χ3v) is 10.2. The van der Waals surface area contributed by atoms with E-state index in [1.807, 2.05) is 60.7 Å². The number of nitrogens with one attached hydrogen (secondary N) is 3. The summed E-state index contributed by atoms with van der Waals surface area (Å²) in [5, 5.41) is 20.6. The molecule has 2 aromatic heterocycles. The molecule has 3 aromatic carbocycles. The maximum atomic E-state index is 11.5. The first-order valence-electron chi connectivity index (χ1n) is 15.3. The predicted molar refractivity (Wildman–Crippen MR) is 191 cm³/mol. The summed E-state index contributed by atoms with van der Waals surface area (Å²) < 4.78 is 6.55.